The van der Waals surface area contributed by atoms with Gasteiger partial charge in [0.1, 0.15) is 6.29 Å². The van der Waals surface area contributed by atoms with Crippen molar-refractivity contribution in [2.45, 2.75) is 31.7 Å². The number of morpholine rings is 1. The number of ether oxygens (including phenoxy) is 1. The van der Waals surface area contributed by atoms with Gasteiger partial charge in [-0.05, 0) is 47.2 Å². The number of amides is 1. The maximum atomic E-state index is 12.1. The Bertz CT molecular complexity index is 948. The van der Waals surface area contributed by atoms with Crippen LogP contribution in [0.1, 0.15) is 58.2 Å². The molecule has 29 heavy (non-hydrogen) atoms. The van der Waals surface area contributed by atoms with Gasteiger partial charge in [0.25, 0.3) is 5.91 Å². The van der Waals surface area contributed by atoms with Crippen molar-refractivity contribution in [1.29, 1.82) is 0 Å². The number of fused-ring (bicyclic) bond motifs is 1. The number of nitrogens with one attached hydrogen (secondary N) is 1. The number of hydrogen-bond donors (Lipinski definition) is 2. The molecule has 0 saturated carbocycles. The van der Waals surface area contributed by atoms with Crippen LogP contribution >= 0.6 is 0 Å². The number of carbonyl (C=O) groups is 2. The molecule has 2 aromatic rings. The van der Waals surface area contributed by atoms with Gasteiger partial charge in [0, 0.05) is 24.3 Å². The number of benzene rings is 2. The van der Waals surface area contributed by atoms with Gasteiger partial charge in [-0.25, -0.2) is 0 Å². The molecule has 0 bridgehead atoms. The zero-order chi connectivity index (χ0) is 20.6. The Morgan fingerprint density at radius 3 is 2.69 bits per heavy atom. The normalized spacial score (nSPS) is 20.5. The van der Waals surface area contributed by atoms with E-state index in [-0.39, 0.29) is 11.5 Å². The second-order valence-electron chi connectivity index (χ2n) is 8.45. The maximum absolute atomic E-state index is 12.1. The molecule has 2 aliphatic heterocycles. The van der Waals surface area contributed by atoms with Gasteiger partial charge >= 0.3 is 0 Å². The van der Waals surface area contributed by atoms with Gasteiger partial charge in [0.05, 0.1) is 30.5 Å². The van der Waals surface area contributed by atoms with Crippen LogP contribution in [0.2, 0.25) is 0 Å². The van der Waals surface area contributed by atoms with E-state index < -0.39 is 5.91 Å². The molecule has 6 heteroatoms. The predicted octanol–water partition coefficient (Wildman–Crippen LogP) is 3.27. The van der Waals surface area contributed by atoms with Gasteiger partial charge in [-0.2, -0.15) is 0 Å². The van der Waals surface area contributed by atoms with E-state index in [1.807, 2.05) is 6.07 Å². The lowest BCUT2D eigenvalue weighted by molar-refractivity contribution is 0.100. The zero-order valence-corrected chi connectivity index (χ0v) is 16.9. The van der Waals surface area contributed by atoms with Gasteiger partial charge in [-0.3, -0.25) is 9.59 Å². The third-order valence-corrected chi connectivity index (χ3v) is 5.97. The van der Waals surface area contributed by atoms with Crippen LogP contribution in [0.15, 0.2) is 36.4 Å². The topological polar surface area (TPSA) is 84.7 Å². The lowest BCUT2D eigenvalue weighted by Crippen LogP contribution is -2.36. The third kappa shape index (κ3) is 3.72. The van der Waals surface area contributed by atoms with Gasteiger partial charge in [0.15, 0.2) is 0 Å². The molecule has 152 valence electrons. The Morgan fingerprint density at radius 2 is 2.00 bits per heavy atom. The van der Waals surface area contributed by atoms with Crippen molar-refractivity contribution >= 4 is 23.6 Å². The Labute approximate surface area is 171 Å². The lowest BCUT2D eigenvalue weighted by Gasteiger charge is -2.40. The Hall–Kier alpha value is -2.86. The summed E-state index contributed by atoms with van der Waals surface area (Å²) in [6.45, 7) is 7.54. The molecule has 0 aliphatic carbocycles. The van der Waals surface area contributed by atoms with Crippen LogP contribution in [-0.4, -0.2) is 38.5 Å². The van der Waals surface area contributed by atoms with Crippen molar-refractivity contribution in [3.8, 4) is 0 Å². The van der Waals surface area contributed by atoms with Gasteiger partial charge in [0.2, 0.25) is 0 Å². The fourth-order valence-electron chi connectivity index (χ4n) is 4.42. The van der Waals surface area contributed by atoms with Crippen LogP contribution in [0.4, 0.5) is 11.4 Å². The molecule has 1 unspecified atom stereocenters. The molecule has 2 heterocycles. The van der Waals surface area contributed by atoms with Crippen molar-refractivity contribution in [2.24, 2.45) is 5.73 Å². The van der Waals surface area contributed by atoms with Gasteiger partial charge in [-0.1, -0.05) is 26.0 Å². The molecular weight excluding hydrogens is 366 g/mol. The highest BCUT2D eigenvalue weighted by Crippen LogP contribution is 2.46. The molecule has 0 aromatic heterocycles. The van der Waals surface area contributed by atoms with Gasteiger partial charge < -0.3 is 20.7 Å². The fraction of sp³-hybridized carbons (Fsp3) is 0.391. The smallest absolute Gasteiger partial charge is 0.250 e. The van der Waals surface area contributed by atoms with E-state index in [1.165, 1.54) is 11.3 Å². The number of primary amides is 1. The summed E-state index contributed by atoms with van der Waals surface area (Å²) in [7, 11) is 0. The standard InChI is InChI=1S/C23H27N3O3/c1-23(2)13-20(16-4-3-5-17(12-16)26-6-8-29-9-7-26)25-21-18(22(24)28)10-15(14-27)11-19(21)23/h3-5,10-12,14,20,25H,6-9,13H2,1-2H3,(H2,24,28). The quantitative estimate of drug-likeness (QED) is 0.779. The second-order valence-corrected chi connectivity index (χ2v) is 8.45. The zero-order valence-electron chi connectivity index (χ0n) is 16.9. The molecular formula is C23H27N3O3. The van der Waals surface area contributed by atoms with E-state index in [9.17, 15) is 9.59 Å². The maximum Gasteiger partial charge on any atom is 0.250 e. The summed E-state index contributed by atoms with van der Waals surface area (Å²) in [5, 5.41) is 3.54. The number of carbonyl (C=O) groups excluding carboxylic acids is 2. The summed E-state index contributed by atoms with van der Waals surface area (Å²) < 4.78 is 5.47. The summed E-state index contributed by atoms with van der Waals surface area (Å²) in [6.07, 6.45) is 1.60. The highest BCUT2D eigenvalue weighted by atomic mass is 16.5. The average molecular weight is 393 g/mol. The predicted molar refractivity (Wildman–Crippen MR) is 114 cm³/mol. The van der Waals surface area contributed by atoms with Crippen LogP contribution in [0.3, 0.4) is 0 Å². The molecule has 1 atom stereocenters. The molecule has 3 N–H and O–H groups in total. The molecule has 4 rings (SSSR count). The van der Waals surface area contributed by atoms with Crippen molar-refractivity contribution in [2.75, 3.05) is 36.5 Å². The monoisotopic (exact) mass is 393 g/mol. The van der Waals surface area contributed by atoms with E-state index >= 15 is 0 Å². The highest BCUT2D eigenvalue weighted by Gasteiger charge is 2.36. The minimum Gasteiger partial charge on any atom is -0.378 e. The summed E-state index contributed by atoms with van der Waals surface area (Å²) >= 11 is 0. The first-order chi connectivity index (χ1) is 13.9. The molecule has 1 saturated heterocycles. The first-order valence-corrected chi connectivity index (χ1v) is 10.0. The molecule has 0 radical (unpaired) electrons. The van der Waals surface area contributed by atoms with Crippen LogP contribution < -0.4 is 16.0 Å². The second kappa shape index (κ2) is 7.52. The largest absolute Gasteiger partial charge is 0.378 e. The lowest BCUT2D eigenvalue weighted by atomic mass is 9.72. The minimum absolute atomic E-state index is 0.0404. The van der Waals surface area contributed by atoms with Crippen LogP contribution in [0.5, 0.6) is 0 Å². The SMILES string of the molecule is CC1(C)CC(c2cccc(N3CCOCC3)c2)Nc2c(C(N)=O)cc(C=O)cc21. The Morgan fingerprint density at radius 1 is 1.24 bits per heavy atom. The van der Waals surface area contributed by atoms with E-state index in [0.29, 0.717) is 11.1 Å². The summed E-state index contributed by atoms with van der Waals surface area (Å²) in [5.74, 6) is -0.532. The molecule has 1 amide bonds. The molecule has 6 nitrogen and oxygen atoms in total. The van der Waals surface area contributed by atoms with E-state index in [4.69, 9.17) is 10.5 Å². The first-order valence-electron chi connectivity index (χ1n) is 10.0. The van der Waals surface area contributed by atoms with E-state index in [2.05, 4.69) is 48.3 Å². The summed E-state index contributed by atoms with van der Waals surface area (Å²) in [6, 6.07) is 12.0. The average Bonchev–Trinajstić information content (AvgIpc) is 2.73. The van der Waals surface area contributed by atoms with Crippen LogP contribution in [-0.2, 0) is 10.2 Å². The molecule has 1 fully saturated rings. The van der Waals surface area contributed by atoms with Crippen LogP contribution in [0, 0.1) is 0 Å². The minimum atomic E-state index is -0.532. The number of rotatable bonds is 4. The van der Waals surface area contributed by atoms with E-state index in [0.717, 1.165) is 50.3 Å². The first kappa shape index (κ1) is 19.5. The number of hydrogen-bond acceptors (Lipinski definition) is 5. The van der Waals surface area contributed by atoms with Crippen molar-refractivity contribution in [1.82, 2.24) is 0 Å². The van der Waals surface area contributed by atoms with Crippen LogP contribution in [0.25, 0.3) is 0 Å². The number of anilines is 2. The highest BCUT2D eigenvalue weighted by molar-refractivity contribution is 6.01. The number of nitrogens with two attached hydrogens (primary N) is 1. The van der Waals surface area contributed by atoms with Crippen molar-refractivity contribution < 1.29 is 14.3 Å². The number of aldehydes is 1. The third-order valence-electron chi connectivity index (χ3n) is 5.97. The molecule has 2 aliphatic rings. The van der Waals surface area contributed by atoms with Crippen molar-refractivity contribution in [3.63, 3.8) is 0 Å². The molecule has 2 aromatic carbocycles. The summed E-state index contributed by atoms with van der Waals surface area (Å²) in [4.78, 5) is 25.8. The van der Waals surface area contributed by atoms with E-state index in [1.54, 1.807) is 6.07 Å². The molecule has 0 spiro atoms. The van der Waals surface area contributed by atoms with Gasteiger partial charge in [-0.15, -0.1) is 0 Å². The Kier molecular flexibility index (Phi) is 5.04. The fourth-order valence-corrected chi connectivity index (χ4v) is 4.42. The van der Waals surface area contributed by atoms with Crippen molar-refractivity contribution in [3.05, 3.63) is 58.7 Å². The number of nitrogens with zero attached hydrogens (tertiary/aromatic N) is 1. The Balaban J connectivity index is 1.72. The summed E-state index contributed by atoms with van der Waals surface area (Å²) in [5.41, 5.74) is 10.3.